The number of furan rings is 1. The zero-order valence-corrected chi connectivity index (χ0v) is 8.31. The van der Waals surface area contributed by atoms with Gasteiger partial charge in [0.25, 0.3) is 5.91 Å². The second kappa shape index (κ2) is 4.57. The predicted molar refractivity (Wildman–Crippen MR) is 54.1 cm³/mol. The van der Waals surface area contributed by atoms with Gasteiger partial charge in [-0.25, -0.2) is 4.98 Å². The molecule has 0 aliphatic heterocycles. The van der Waals surface area contributed by atoms with Crippen molar-refractivity contribution in [2.45, 2.75) is 6.54 Å². The van der Waals surface area contributed by atoms with Gasteiger partial charge in [-0.05, 0) is 18.2 Å². The number of hydrogen-bond donors (Lipinski definition) is 1. The summed E-state index contributed by atoms with van der Waals surface area (Å²) >= 11 is 0. The molecule has 0 saturated heterocycles. The Labute approximate surface area is 91.1 Å². The van der Waals surface area contributed by atoms with E-state index >= 15 is 0 Å². The molecule has 0 spiro atoms. The van der Waals surface area contributed by atoms with Crippen molar-refractivity contribution in [1.29, 1.82) is 0 Å². The van der Waals surface area contributed by atoms with Crippen LogP contribution in [0.15, 0.2) is 41.2 Å². The maximum atomic E-state index is 12.7. The summed E-state index contributed by atoms with van der Waals surface area (Å²) in [6.07, 6.45) is 3.04. The van der Waals surface area contributed by atoms with Gasteiger partial charge in [0.05, 0.1) is 12.5 Å². The highest BCUT2D eigenvalue weighted by Gasteiger charge is 2.07. The Hall–Kier alpha value is -2.17. The van der Waals surface area contributed by atoms with Crippen LogP contribution in [0.1, 0.15) is 16.1 Å². The van der Waals surface area contributed by atoms with E-state index in [1.165, 1.54) is 30.7 Å². The summed E-state index contributed by atoms with van der Waals surface area (Å²) in [5.41, 5.74) is 0.897. The molecule has 82 valence electrons. The van der Waals surface area contributed by atoms with E-state index < -0.39 is 11.9 Å². The van der Waals surface area contributed by atoms with Gasteiger partial charge in [-0.1, -0.05) is 6.07 Å². The lowest BCUT2D eigenvalue weighted by Gasteiger charge is -2.02. The number of carbonyl (C=O) groups is 1. The molecule has 0 aromatic carbocycles. The average Bonchev–Trinajstić information content (AvgIpc) is 2.78. The molecule has 0 unspecified atom stereocenters. The lowest BCUT2D eigenvalue weighted by atomic mass is 10.3. The smallest absolute Gasteiger partial charge is 0.270 e. The zero-order chi connectivity index (χ0) is 11.4. The molecule has 0 bridgehead atoms. The summed E-state index contributed by atoms with van der Waals surface area (Å²) in [6, 6.07) is 5.81. The van der Waals surface area contributed by atoms with Crippen LogP contribution < -0.4 is 5.32 Å². The predicted octanol–water partition coefficient (Wildman–Crippen LogP) is 1.74. The SMILES string of the molecule is O=C(NCc1ccoc1)c1cccc(F)n1. The van der Waals surface area contributed by atoms with Crippen LogP contribution in [0.4, 0.5) is 4.39 Å². The van der Waals surface area contributed by atoms with Crippen LogP contribution in [0.5, 0.6) is 0 Å². The Morgan fingerprint density at radius 1 is 1.44 bits per heavy atom. The first-order chi connectivity index (χ1) is 7.75. The molecule has 2 aromatic heterocycles. The van der Waals surface area contributed by atoms with Crippen molar-refractivity contribution in [2.24, 2.45) is 0 Å². The summed E-state index contributed by atoms with van der Waals surface area (Å²) < 4.78 is 17.6. The third kappa shape index (κ3) is 2.44. The van der Waals surface area contributed by atoms with Gasteiger partial charge in [-0.15, -0.1) is 0 Å². The quantitative estimate of drug-likeness (QED) is 0.801. The minimum Gasteiger partial charge on any atom is -0.472 e. The number of carbonyl (C=O) groups excluding carboxylic acids is 1. The van der Waals surface area contributed by atoms with E-state index in [0.717, 1.165) is 5.56 Å². The molecular formula is C11H9FN2O2. The Balaban J connectivity index is 1.98. The van der Waals surface area contributed by atoms with Crippen molar-refractivity contribution >= 4 is 5.91 Å². The number of hydrogen-bond acceptors (Lipinski definition) is 3. The van der Waals surface area contributed by atoms with Gasteiger partial charge >= 0.3 is 0 Å². The Morgan fingerprint density at radius 2 is 2.31 bits per heavy atom. The molecular weight excluding hydrogens is 211 g/mol. The molecule has 0 aliphatic rings. The fraction of sp³-hybridized carbons (Fsp3) is 0.0909. The van der Waals surface area contributed by atoms with Crippen molar-refractivity contribution < 1.29 is 13.6 Å². The van der Waals surface area contributed by atoms with Crippen molar-refractivity contribution in [1.82, 2.24) is 10.3 Å². The molecule has 16 heavy (non-hydrogen) atoms. The van der Waals surface area contributed by atoms with Crippen molar-refractivity contribution in [2.75, 3.05) is 0 Å². The lowest BCUT2D eigenvalue weighted by molar-refractivity contribution is 0.0944. The molecule has 0 saturated carbocycles. The van der Waals surface area contributed by atoms with Crippen LogP contribution in [0.3, 0.4) is 0 Å². The van der Waals surface area contributed by atoms with Crippen LogP contribution in [0, 0.1) is 5.95 Å². The highest BCUT2D eigenvalue weighted by Crippen LogP contribution is 2.01. The number of pyridine rings is 1. The fourth-order valence-corrected chi connectivity index (χ4v) is 1.20. The molecule has 2 heterocycles. The summed E-state index contributed by atoms with van der Waals surface area (Å²) in [4.78, 5) is 15.0. The van der Waals surface area contributed by atoms with E-state index in [1.807, 2.05) is 0 Å². The highest BCUT2D eigenvalue weighted by molar-refractivity contribution is 5.92. The maximum Gasteiger partial charge on any atom is 0.270 e. The van der Waals surface area contributed by atoms with E-state index in [2.05, 4.69) is 10.3 Å². The minimum atomic E-state index is -0.670. The van der Waals surface area contributed by atoms with E-state index in [4.69, 9.17) is 4.42 Å². The first-order valence-corrected chi connectivity index (χ1v) is 4.67. The van der Waals surface area contributed by atoms with Crippen LogP contribution in [-0.4, -0.2) is 10.9 Å². The topological polar surface area (TPSA) is 55.1 Å². The molecule has 0 atom stereocenters. The van der Waals surface area contributed by atoms with E-state index in [9.17, 15) is 9.18 Å². The second-order valence-corrected chi connectivity index (χ2v) is 3.16. The first-order valence-electron chi connectivity index (χ1n) is 4.67. The molecule has 0 radical (unpaired) electrons. The maximum absolute atomic E-state index is 12.7. The number of halogens is 1. The molecule has 1 N–H and O–H groups in total. The van der Waals surface area contributed by atoms with Gasteiger partial charge in [-0.3, -0.25) is 4.79 Å². The fourth-order valence-electron chi connectivity index (χ4n) is 1.20. The van der Waals surface area contributed by atoms with Crippen LogP contribution >= 0.6 is 0 Å². The third-order valence-corrected chi connectivity index (χ3v) is 1.98. The van der Waals surface area contributed by atoms with Crippen LogP contribution in [-0.2, 0) is 6.54 Å². The van der Waals surface area contributed by atoms with Crippen molar-refractivity contribution in [3.05, 3.63) is 54.0 Å². The molecule has 0 aliphatic carbocycles. The van der Waals surface area contributed by atoms with Crippen molar-refractivity contribution in [3.8, 4) is 0 Å². The van der Waals surface area contributed by atoms with Gasteiger partial charge in [-0.2, -0.15) is 4.39 Å². The second-order valence-electron chi connectivity index (χ2n) is 3.16. The molecule has 0 fully saturated rings. The summed E-state index contributed by atoms with van der Waals surface area (Å²) in [5, 5.41) is 2.60. The molecule has 5 heteroatoms. The van der Waals surface area contributed by atoms with Gasteiger partial charge in [0.1, 0.15) is 5.69 Å². The third-order valence-electron chi connectivity index (χ3n) is 1.98. The largest absolute Gasteiger partial charge is 0.472 e. The van der Waals surface area contributed by atoms with Gasteiger partial charge < -0.3 is 9.73 Å². The van der Waals surface area contributed by atoms with Gasteiger partial charge in [0.2, 0.25) is 5.95 Å². The molecule has 2 aromatic rings. The summed E-state index contributed by atoms with van der Waals surface area (Å²) in [5.74, 6) is -1.09. The Bertz CT molecular complexity index is 482. The minimum absolute atomic E-state index is 0.0588. The normalized spacial score (nSPS) is 10.1. The van der Waals surface area contributed by atoms with Crippen LogP contribution in [0.2, 0.25) is 0 Å². The molecule has 4 nitrogen and oxygen atoms in total. The van der Waals surface area contributed by atoms with Crippen molar-refractivity contribution in [3.63, 3.8) is 0 Å². The van der Waals surface area contributed by atoms with E-state index in [0.29, 0.717) is 6.54 Å². The highest BCUT2D eigenvalue weighted by atomic mass is 19.1. The lowest BCUT2D eigenvalue weighted by Crippen LogP contribution is -2.23. The Morgan fingerprint density at radius 3 is 3.00 bits per heavy atom. The Kier molecular flexibility index (Phi) is 2.95. The molecule has 1 amide bonds. The summed E-state index contributed by atoms with van der Waals surface area (Å²) in [7, 11) is 0. The van der Waals surface area contributed by atoms with Crippen LogP contribution in [0.25, 0.3) is 0 Å². The number of nitrogens with zero attached hydrogens (tertiary/aromatic N) is 1. The first kappa shape index (κ1) is 10.4. The van der Waals surface area contributed by atoms with E-state index in [-0.39, 0.29) is 5.69 Å². The number of amides is 1. The zero-order valence-electron chi connectivity index (χ0n) is 8.31. The number of rotatable bonds is 3. The molecule has 2 rings (SSSR count). The van der Waals surface area contributed by atoms with E-state index in [1.54, 1.807) is 6.07 Å². The van der Waals surface area contributed by atoms with Gasteiger partial charge in [0, 0.05) is 12.1 Å². The number of aromatic nitrogens is 1. The monoisotopic (exact) mass is 220 g/mol. The average molecular weight is 220 g/mol. The summed E-state index contributed by atoms with van der Waals surface area (Å²) in [6.45, 7) is 0.327. The number of nitrogens with one attached hydrogen (secondary N) is 1. The standard InChI is InChI=1S/C11H9FN2O2/c12-10-3-1-2-9(14-10)11(15)13-6-8-4-5-16-7-8/h1-5,7H,6H2,(H,13,15). The van der Waals surface area contributed by atoms with Gasteiger partial charge in [0.15, 0.2) is 0 Å².